The van der Waals surface area contributed by atoms with Gasteiger partial charge in [0.15, 0.2) is 11.5 Å². The van der Waals surface area contributed by atoms with Crippen molar-refractivity contribution < 1.29 is 0 Å². The minimum atomic E-state index is 0.320. The molecule has 1 saturated carbocycles. The van der Waals surface area contributed by atoms with Crippen LogP contribution in [0.2, 0.25) is 0 Å². The van der Waals surface area contributed by atoms with Crippen molar-refractivity contribution in [3.63, 3.8) is 0 Å². The van der Waals surface area contributed by atoms with Gasteiger partial charge >= 0.3 is 0 Å². The van der Waals surface area contributed by atoms with Crippen LogP contribution in [0.25, 0.3) is 27.5 Å². The molecule has 0 N–H and O–H groups in total. The van der Waals surface area contributed by atoms with E-state index in [1.165, 1.54) is 16.3 Å². The third-order valence-corrected chi connectivity index (χ3v) is 5.99. The maximum absolute atomic E-state index is 5.06. The van der Waals surface area contributed by atoms with E-state index in [4.69, 9.17) is 15.1 Å². The van der Waals surface area contributed by atoms with E-state index in [-0.39, 0.29) is 0 Å². The van der Waals surface area contributed by atoms with Gasteiger partial charge in [-0.15, -0.1) is 0 Å². The summed E-state index contributed by atoms with van der Waals surface area (Å²) in [5.74, 6) is 2.71. The van der Waals surface area contributed by atoms with Gasteiger partial charge in [-0.1, -0.05) is 30.3 Å². The molecule has 0 unspecified atom stereocenters. The second kappa shape index (κ2) is 5.38. The Labute approximate surface area is 161 Å². The number of fused-ring (bicyclic) bond motifs is 4. The first kappa shape index (κ1) is 15.7. The molecule has 0 aliphatic heterocycles. The molecule has 0 radical (unpaired) electrons. The van der Waals surface area contributed by atoms with E-state index >= 15 is 0 Å². The van der Waals surface area contributed by atoms with Crippen LogP contribution in [-0.2, 0) is 7.05 Å². The van der Waals surface area contributed by atoms with Gasteiger partial charge in [-0.3, -0.25) is 4.98 Å². The van der Waals surface area contributed by atoms with Crippen LogP contribution in [0.15, 0.2) is 42.6 Å². The summed E-state index contributed by atoms with van der Waals surface area (Å²) < 4.78 is 4.15. The maximum atomic E-state index is 5.06. The lowest BCUT2D eigenvalue weighted by molar-refractivity contribution is 0.780. The largest absolute Gasteiger partial charge is 0.331 e. The molecular formula is C22H20N6. The molecule has 0 saturated heterocycles. The van der Waals surface area contributed by atoms with Crippen molar-refractivity contribution >= 4 is 27.5 Å². The van der Waals surface area contributed by atoms with Gasteiger partial charge < -0.3 is 4.57 Å². The number of rotatable bonds is 2. The van der Waals surface area contributed by atoms with E-state index in [0.717, 1.165) is 40.6 Å². The third-order valence-electron chi connectivity index (χ3n) is 5.99. The predicted molar refractivity (Wildman–Crippen MR) is 109 cm³/mol. The second-order valence-corrected chi connectivity index (χ2v) is 7.82. The summed E-state index contributed by atoms with van der Waals surface area (Å²) in [6.07, 6.45) is 2.89. The molecule has 0 amide bonds. The summed E-state index contributed by atoms with van der Waals surface area (Å²) in [4.78, 5) is 14.3. The van der Waals surface area contributed by atoms with Gasteiger partial charge in [-0.25, -0.2) is 14.5 Å². The van der Waals surface area contributed by atoms with Gasteiger partial charge in [0.2, 0.25) is 0 Å². The van der Waals surface area contributed by atoms with E-state index in [0.29, 0.717) is 11.8 Å². The van der Waals surface area contributed by atoms with E-state index in [1.807, 2.05) is 24.6 Å². The molecule has 2 atom stereocenters. The SMILES string of the molecule is Cc1ncc(C)n2nc([C@@H]3C[C@H]3c3nc4c5ccccc5ccc4n3C)nc12. The summed E-state index contributed by atoms with van der Waals surface area (Å²) in [5.41, 5.74) is 5.04. The lowest BCUT2D eigenvalue weighted by Gasteiger charge is -2.01. The highest BCUT2D eigenvalue weighted by atomic mass is 15.3. The minimum Gasteiger partial charge on any atom is -0.331 e. The van der Waals surface area contributed by atoms with Crippen LogP contribution in [0.4, 0.5) is 0 Å². The van der Waals surface area contributed by atoms with Crippen molar-refractivity contribution in [3.8, 4) is 0 Å². The van der Waals surface area contributed by atoms with Crippen molar-refractivity contribution in [2.45, 2.75) is 32.1 Å². The zero-order valence-electron chi connectivity index (χ0n) is 16.1. The Balaban J connectivity index is 1.44. The normalized spacial score (nSPS) is 19.1. The summed E-state index contributed by atoms with van der Waals surface area (Å²) in [5, 5.41) is 7.21. The van der Waals surface area contributed by atoms with Crippen LogP contribution in [0, 0.1) is 13.8 Å². The van der Waals surface area contributed by atoms with E-state index in [9.17, 15) is 0 Å². The summed E-state index contributed by atoms with van der Waals surface area (Å²) in [6.45, 7) is 3.99. The molecule has 0 spiro atoms. The van der Waals surface area contributed by atoms with Gasteiger partial charge in [0.25, 0.3) is 0 Å². The Morgan fingerprint density at radius 3 is 2.71 bits per heavy atom. The number of hydrogen-bond donors (Lipinski definition) is 0. The third kappa shape index (κ3) is 2.08. The van der Waals surface area contributed by atoms with Gasteiger partial charge in [0, 0.05) is 30.5 Å². The number of aryl methyl sites for hydroxylation is 3. The summed E-state index contributed by atoms with van der Waals surface area (Å²) in [7, 11) is 2.12. The zero-order chi connectivity index (χ0) is 19.0. The molecule has 6 rings (SSSR count). The Bertz CT molecular complexity index is 1350. The van der Waals surface area contributed by atoms with Crippen LogP contribution in [-0.4, -0.2) is 29.1 Å². The van der Waals surface area contributed by atoms with Crippen molar-refractivity contribution in [2.24, 2.45) is 7.05 Å². The van der Waals surface area contributed by atoms with Crippen molar-refractivity contribution in [3.05, 3.63) is 65.6 Å². The highest BCUT2D eigenvalue weighted by molar-refractivity contribution is 6.04. The number of imidazole rings is 1. The number of aromatic nitrogens is 6. The highest BCUT2D eigenvalue weighted by Crippen LogP contribution is 2.53. The lowest BCUT2D eigenvalue weighted by atomic mass is 10.1. The van der Waals surface area contributed by atoms with E-state index in [1.54, 1.807) is 0 Å². The van der Waals surface area contributed by atoms with E-state index < -0.39 is 0 Å². The molecule has 6 nitrogen and oxygen atoms in total. The number of nitrogens with zero attached hydrogens (tertiary/aromatic N) is 6. The Hall–Kier alpha value is -3.28. The topological polar surface area (TPSA) is 60.9 Å². The maximum Gasteiger partial charge on any atom is 0.177 e. The molecule has 0 bridgehead atoms. The standard InChI is InChI=1S/C22H20N6/c1-12-11-23-13(2)21-25-20(26-28(12)21)16-10-17(16)22-24-19-15-7-5-4-6-14(15)8-9-18(19)27(22)3/h4-9,11,16-17H,10H2,1-3H3/t16-,17-/m1/s1. The molecule has 28 heavy (non-hydrogen) atoms. The Morgan fingerprint density at radius 1 is 1.00 bits per heavy atom. The van der Waals surface area contributed by atoms with E-state index in [2.05, 4.69) is 53.0 Å². The second-order valence-electron chi connectivity index (χ2n) is 7.82. The summed E-state index contributed by atoms with van der Waals surface area (Å²) >= 11 is 0. The fourth-order valence-electron chi connectivity index (χ4n) is 4.31. The fourth-order valence-corrected chi connectivity index (χ4v) is 4.31. The Morgan fingerprint density at radius 2 is 1.86 bits per heavy atom. The average molecular weight is 368 g/mol. The van der Waals surface area contributed by atoms with Crippen molar-refractivity contribution in [2.75, 3.05) is 0 Å². The van der Waals surface area contributed by atoms with Gasteiger partial charge in [-0.2, -0.15) is 5.10 Å². The molecular weight excluding hydrogens is 348 g/mol. The first-order chi connectivity index (χ1) is 13.6. The van der Waals surface area contributed by atoms with Crippen LogP contribution >= 0.6 is 0 Å². The minimum absolute atomic E-state index is 0.320. The molecule has 138 valence electrons. The molecule has 2 aromatic carbocycles. The molecule has 1 aliphatic carbocycles. The smallest absolute Gasteiger partial charge is 0.177 e. The van der Waals surface area contributed by atoms with Crippen LogP contribution in [0.5, 0.6) is 0 Å². The quantitative estimate of drug-likeness (QED) is 0.472. The van der Waals surface area contributed by atoms with Crippen molar-refractivity contribution in [1.29, 1.82) is 0 Å². The molecule has 1 fully saturated rings. The van der Waals surface area contributed by atoms with Crippen molar-refractivity contribution in [1.82, 2.24) is 29.1 Å². The van der Waals surface area contributed by atoms with Crippen LogP contribution in [0.1, 0.15) is 41.3 Å². The lowest BCUT2D eigenvalue weighted by Crippen LogP contribution is -1.98. The molecule has 5 aromatic rings. The summed E-state index contributed by atoms with van der Waals surface area (Å²) in [6, 6.07) is 12.8. The highest BCUT2D eigenvalue weighted by Gasteiger charge is 2.45. The first-order valence-corrected chi connectivity index (χ1v) is 9.65. The fraction of sp³-hybridized carbons (Fsp3) is 0.273. The molecule has 3 heterocycles. The average Bonchev–Trinajstić information content (AvgIpc) is 3.23. The van der Waals surface area contributed by atoms with Gasteiger partial charge in [0.05, 0.1) is 22.4 Å². The number of hydrogen-bond acceptors (Lipinski definition) is 4. The molecule has 3 aromatic heterocycles. The van der Waals surface area contributed by atoms with Crippen LogP contribution < -0.4 is 0 Å². The number of benzene rings is 2. The first-order valence-electron chi connectivity index (χ1n) is 9.65. The van der Waals surface area contributed by atoms with Gasteiger partial charge in [-0.05, 0) is 31.7 Å². The predicted octanol–water partition coefficient (Wildman–Crippen LogP) is 4.05. The van der Waals surface area contributed by atoms with Gasteiger partial charge in [0.1, 0.15) is 5.82 Å². The Kier molecular flexibility index (Phi) is 3.02. The zero-order valence-corrected chi connectivity index (χ0v) is 16.1. The monoisotopic (exact) mass is 368 g/mol. The van der Waals surface area contributed by atoms with Crippen LogP contribution in [0.3, 0.4) is 0 Å². The molecule has 6 heteroatoms. The molecule has 1 aliphatic rings.